The number of primary amides is 1. The molecular formula is C18H21N3O2. The molecule has 0 aliphatic carbocycles. The first kappa shape index (κ1) is 16.5. The van der Waals surface area contributed by atoms with E-state index in [0.29, 0.717) is 5.56 Å². The molecule has 2 amide bonds. The lowest BCUT2D eigenvalue weighted by atomic mass is 10.2. The number of benzene rings is 2. The van der Waals surface area contributed by atoms with Crippen molar-refractivity contribution in [3.8, 4) is 0 Å². The topological polar surface area (TPSA) is 75.4 Å². The van der Waals surface area contributed by atoms with Crippen LogP contribution in [0.4, 0.5) is 11.4 Å². The van der Waals surface area contributed by atoms with Crippen molar-refractivity contribution < 1.29 is 9.59 Å². The number of anilines is 2. The molecule has 0 radical (unpaired) electrons. The molecule has 0 fully saturated rings. The van der Waals surface area contributed by atoms with Gasteiger partial charge in [0, 0.05) is 23.0 Å². The van der Waals surface area contributed by atoms with Crippen LogP contribution in [-0.4, -0.2) is 24.4 Å². The average molecular weight is 311 g/mol. The van der Waals surface area contributed by atoms with E-state index in [0.717, 1.165) is 11.4 Å². The Balaban J connectivity index is 2.03. The molecule has 0 unspecified atom stereocenters. The number of nitrogens with zero attached hydrogens (tertiary/aromatic N) is 1. The number of hydrogen-bond donors (Lipinski definition) is 2. The summed E-state index contributed by atoms with van der Waals surface area (Å²) in [5.41, 5.74) is 7.28. The maximum atomic E-state index is 12.5. The average Bonchev–Trinajstić information content (AvgIpc) is 2.54. The van der Waals surface area contributed by atoms with Crippen molar-refractivity contribution in [2.24, 2.45) is 5.73 Å². The van der Waals surface area contributed by atoms with Gasteiger partial charge < -0.3 is 16.0 Å². The summed E-state index contributed by atoms with van der Waals surface area (Å²) in [6.07, 6.45) is 0. The minimum Gasteiger partial charge on any atom is -0.376 e. The lowest BCUT2D eigenvalue weighted by molar-refractivity contribution is -0.117. The van der Waals surface area contributed by atoms with Crippen LogP contribution in [0.1, 0.15) is 24.2 Å². The Hall–Kier alpha value is -2.82. The zero-order valence-corrected chi connectivity index (χ0v) is 13.3. The van der Waals surface area contributed by atoms with Gasteiger partial charge in [0.2, 0.25) is 11.8 Å². The maximum absolute atomic E-state index is 12.5. The molecule has 0 aliphatic heterocycles. The molecule has 120 valence electrons. The van der Waals surface area contributed by atoms with Gasteiger partial charge in [-0.3, -0.25) is 9.59 Å². The number of nitrogens with two attached hydrogens (primary N) is 1. The van der Waals surface area contributed by atoms with Gasteiger partial charge in [0.25, 0.3) is 0 Å². The van der Waals surface area contributed by atoms with Crippen LogP contribution >= 0.6 is 0 Å². The highest BCUT2D eigenvalue weighted by Crippen LogP contribution is 2.17. The van der Waals surface area contributed by atoms with E-state index in [2.05, 4.69) is 5.32 Å². The van der Waals surface area contributed by atoms with Crippen molar-refractivity contribution in [3.05, 3.63) is 60.2 Å². The molecule has 2 rings (SSSR count). The Morgan fingerprint density at radius 1 is 1.04 bits per heavy atom. The van der Waals surface area contributed by atoms with Gasteiger partial charge in [-0.1, -0.05) is 18.2 Å². The summed E-state index contributed by atoms with van der Waals surface area (Å²) in [6, 6.07) is 16.4. The third kappa shape index (κ3) is 4.32. The smallest absolute Gasteiger partial charge is 0.248 e. The van der Waals surface area contributed by atoms with Gasteiger partial charge in [0.05, 0.1) is 6.54 Å². The minimum atomic E-state index is -0.470. The second-order valence-corrected chi connectivity index (χ2v) is 5.49. The molecule has 5 nitrogen and oxygen atoms in total. The summed E-state index contributed by atoms with van der Waals surface area (Å²) in [5.74, 6) is -0.493. The van der Waals surface area contributed by atoms with Crippen LogP contribution in [0, 0.1) is 0 Å². The van der Waals surface area contributed by atoms with Crippen LogP contribution in [0.5, 0.6) is 0 Å². The zero-order valence-electron chi connectivity index (χ0n) is 13.3. The van der Waals surface area contributed by atoms with Crippen LogP contribution in [0.25, 0.3) is 0 Å². The molecular weight excluding hydrogens is 290 g/mol. The second-order valence-electron chi connectivity index (χ2n) is 5.49. The first-order valence-electron chi connectivity index (χ1n) is 7.50. The predicted octanol–water partition coefficient (Wildman–Crippen LogP) is 2.64. The number of rotatable bonds is 6. The summed E-state index contributed by atoms with van der Waals surface area (Å²) < 4.78 is 0. The van der Waals surface area contributed by atoms with Gasteiger partial charge in [-0.25, -0.2) is 0 Å². The van der Waals surface area contributed by atoms with Gasteiger partial charge in [-0.15, -0.1) is 0 Å². The molecule has 0 aromatic heterocycles. The van der Waals surface area contributed by atoms with Crippen molar-refractivity contribution >= 4 is 23.2 Å². The van der Waals surface area contributed by atoms with Gasteiger partial charge >= 0.3 is 0 Å². The molecule has 0 bridgehead atoms. The summed E-state index contributed by atoms with van der Waals surface area (Å²) in [4.78, 5) is 25.3. The Labute approximate surface area is 136 Å². The highest BCUT2D eigenvalue weighted by atomic mass is 16.2. The quantitative estimate of drug-likeness (QED) is 0.861. The third-order valence-corrected chi connectivity index (χ3v) is 3.43. The number of hydrogen-bond acceptors (Lipinski definition) is 3. The fraction of sp³-hybridized carbons (Fsp3) is 0.222. The third-order valence-electron chi connectivity index (χ3n) is 3.43. The second kappa shape index (κ2) is 7.45. The number of carbonyl (C=O) groups is 2. The Kier molecular flexibility index (Phi) is 5.36. The monoisotopic (exact) mass is 311 g/mol. The molecule has 0 spiro atoms. The Morgan fingerprint density at radius 2 is 1.65 bits per heavy atom. The van der Waals surface area contributed by atoms with E-state index in [1.165, 1.54) is 0 Å². The molecule has 5 heteroatoms. The van der Waals surface area contributed by atoms with Crippen molar-refractivity contribution in [1.29, 1.82) is 0 Å². The first-order chi connectivity index (χ1) is 11.0. The van der Waals surface area contributed by atoms with Crippen LogP contribution < -0.4 is 16.0 Å². The van der Waals surface area contributed by atoms with Crippen LogP contribution in [-0.2, 0) is 4.79 Å². The van der Waals surface area contributed by atoms with Gasteiger partial charge in [0.1, 0.15) is 0 Å². The fourth-order valence-electron chi connectivity index (χ4n) is 2.33. The van der Waals surface area contributed by atoms with E-state index in [4.69, 9.17) is 5.73 Å². The van der Waals surface area contributed by atoms with Crippen LogP contribution in [0.15, 0.2) is 54.6 Å². The number of amides is 2. The molecule has 0 atom stereocenters. The summed E-state index contributed by atoms with van der Waals surface area (Å²) >= 11 is 0. The number of nitrogens with one attached hydrogen (secondary N) is 1. The Morgan fingerprint density at radius 3 is 2.17 bits per heavy atom. The Bertz CT molecular complexity index is 666. The number of carbonyl (C=O) groups excluding carboxylic acids is 2. The van der Waals surface area contributed by atoms with Crippen molar-refractivity contribution in [2.45, 2.75) is 19.9 Å². The van der Waals surface area contributed by atoms with Crippen LogP contribution in [0.2, 0.25) is 0 Å². The molecule has 0 saturated heterocycles. The van der Waals surface area contributed by atoms with E-state index in [1.54, 1.807) is 29.2 Å². The lowest BCUT2D eigenvalue weighted by Gasteiger charge is -2.27. The molecule has 0 aliphatic rings. The van der Waals surface area contributed by atoms with Gasteiger partial charge in [-0.05, 0) is 50.2 Å². The van der Waals surface area contributed by atoms with Crippen molar-refractivity contribution in [2.75, 3.05) is 16.8 Å². The molecule has 3 N–H and O–H groups in total. The normalized spacial score (nSPS) is 10.4. The van der Waals surface area contributed by atoms with E-state index >= 15 is 0 Å². The standard InChI is InChI=1S/C18H21N3O2/c1-13(2)21(16-6-4-3-5-7-16)17(22)12-20-15-10-8-14(9-11-15)18(19)23/h3-11,13,20H,12H2,1-2H3,(H2,19,23). The fourth-order valence-corrected chi connectivity index (χ4v) is 2.33. The zero-order chi connectivity index (χ0) is 16.8. The van der Waals surface area contributed by atoms with Gasteiger partial charge in [-0.2, -0.15) is 0 Å². The minimum absolute atomic E-state index is 0.0230. The van der Waals surface area contributed by atoms with E-state index in [1.807, 2.05) is 44.2 Å². The number of para-hydroxylation sites is 1. The van der Waals surface area contributed by atoms with Crippen molar-refractivity contribution in [3.63, 3.8) is 0 Å². The van der Waals surface area contributed by atoms with Crippen molar-refractivity contribution in [1.82, 2.24) is 0 Å². The summed E-state index contributed by atoms with van der Waals surface area (Å²) in [5, 5.41) is 3.07. The van der Waals surface area contributed by atoms with Gasteiger partial charge in [0.15, 0.2) is 0 Å². The van der Waals surface area contributed by atoms with E-state index < -0.39 is 5.91 Å². The van der Waals surface area contributed by atoms with E-state index in [-0.39, 0.29) is 18.5 Å². The molecule has 0 saturated carbocycles. The summed E-state index contributed by atoms with van der Waals surface area (Å²) in [7, 11) is 0. The molecule has 2 aromatic carbocycles. The largest absolute Gasteiger partial charge is 0.376 e. The maximum Gasteiger partial charge on any atom is 0.248 e. The molecule has 23 heavy (non-hydrogen) atoms. The van der Waals surface area contributed by atoms with E-state index in [9.17, 15) is 9.59 Å². The summed E-state index contributed by atoms with van der Waals surface area (Å²) in [6.45, 7) is 4.13. The molecule has 2 aromatic rings. The highest BCUT2D eigenvalue weighted by Gasteiger charge is 2.18. The SMILES string of the molecule is CC(C)N(C(=O)CNc1ccc(C(N)=O)cc1)c1ccccc1. The predicted molar refractivity (Wildman–Crippen MR) is 92.5 cm³/mol. The van der Waals surface area contributed by atoms with Crippen LogP contribution in [0.3, 0.4) is 0 Å². The highest BCUT2D eigenvalue weighted by molar-refractivity contribution is 5.97. The molecule has 0 heterocycles. The lowest BCUT2D eigenvalue weighted by Crippen LogP contribution is -2.40. The first-order valence-corrected chi connectivity index (χ1v) is 7.50.